The van der Waals surface area contributed by atoms with E-state index < -0.39 is 0 Å². The Hall–Kier alpha value is -1.42. The zero-order chi connectivity index (χ0) is 13.3. The van der Waals surface area contributed by atoms with Gasteiger partial charge in [-0.05, 0) is 37.1 Å². The first kappa shape index (κ1) is 13.0. The molecule has 0 radical (unpaired) electrons. The Bertz CT molecular complexity index is 536. The molecule has 4 heteroatoms. The quantitative estimate of drug-likeness (QED) is 0.903. The van der Waals surface area contributed by atoms with Crippen molar-refractivity contribution in [2.45, 2.75) is 40.2 Å². The fourth-order valence-corrected chi connectivity index (χ4v) is 2.34. The van der Waals surface area contributed by atoms with Crippen molar-refractivity contribution in [1.82, 2.24) is 19.9 Å². The lowest BCUT2D eigenvalue weighted by Crippen LogP contribution is -2.40. The molecule has 1 atom stereocenters. The Kier molecular flexibility index (Phi) is 3.39. The fourth-order valence-electron chi connectivity index (χ4n) is 2.34. The summed E-state index contributed by atoms with van der Waals surface area (Å²) in [5, 5.41) is 7.71. The molecule has 0 fully saturated rings. The Balaban J connectivity index is 2.39. The monoisotopic (exact) mass is 246 g/mol. The number of aryl methyl sites for hydroxylation is 1. The fraction of sp³-hybridized carbons (Fsp3) is 0.571. The van der Waals surface area contributed by atoms with Crippen molar-refractivity contribution in [2.24, 2.45) is 5.41 Å². The van der Waals surface area contributed by atoms with Gasteiger partial charge in [0.05, 0.1) is 0 Å². The molecule has 18 heavy (non-hydrogen) atoms. The summed E-state index contributed by atoms with van der Waals surface area (Å²) < 4.78 is 1.93. The van der Waals surface area contributed by atoms with Crippen LogP contribution in [0, 0.1) is 12.3 Å². The third kappa shape index (κ3) is 2.53. The van der Waals surface area contributed by atoms with Gasteiger partial charge in [0, 0.05) is 18.2 Å². The molecule has 0 spiro atoms. The highest BCUT2D eigenvalue weighted by Crippen LogP contribution is 2.23. The van der Waals surface area contributed by atoms with E-state index >= 15 is 0 Å². The van der Waals surface area contributed by atoms with Crippen molar-refractivity contribution in [2.75, 3.05) is 7.05 Å². The highest BCUT2D eigenvalue weighted by atomic mass is 15.3. The number of pyridine rings is 1. The summed E-state index contributed by atoms with van der Waals surface area (Å²) in [5.74, 6) is 0. The van der Waals surface area contributed by atoms with Crippen molar-refractivity contribution in [3.05, 3.63) is 29.7 Å². The van der Waals surface area contributed by atoms with E-state index in [0.29, 0.717) is 6.04 Å². The van der Waals surface area contributed by atoms with Crippen molar-refractivity contribution >= 4 is 5.65 Å². The van der Waals surface area contributed by atoms with E-state index in [0.717, 1.165) is 12.1 Å². The number of fused-ring (bicyclic) bond motifs is 1. The second kappa shape index (κ2) is 4.69. The third-order valence-electron chi connectivity index (χ3n) is 3.40. The van der Waals surface area contributed by atoms with Gasteiger partial charge in [-0.1, -0.05) is 20.8 Å². The molecule has 2 aromatic heterocycles. The van der Waals surface area contributed by atoms with Crippen molar-refractivity contribution in [3.63, 3.8) is 0 Å². The molecule has 0 aromatic carbocycles. The zero-order valence-corrected chi connectivity index (χ0v) is 11.9. The molecule has 0 bridgehead atoms. The minimum Gasteiger partial charge on any atom is -0.316 e. The van der Waals surface area contributed by atoms with E-state index in [1.54, 1.807) is 6.33 Å². The number of nitrogens with one attached hydrogen (secondary N) is 1. The Morgan fingerprint density at radius 2 is 2.06 bits per heavy atom. The first-order valence-corrected chi connectivity index (χ1v) is 6.38. The molecular weight excluding hydrogens is 224 g/mol. The number of rotatable bonds is 3. The van der Waals surface area contributed by atoms with Gasteiger partial charge in [0.1, 0.15) is 6.33 Å². The molecule has 0 aliphatic rings. The Labute approximate surface area is 108 Å². The SMILES string of the molecule is CNC(Cc1cc(C)cc2ncnn12)C(C)(C)C. The van der Waals surface area contributed by atoms with Gasteiger partial charge in [0.2, 0.25) is 0 Å². The predicted octanol–water partition coefficient (Wildman–Crippen LogP) is 2.21. The highest BCUT2D eigenvalue weighted by molar-refractivity contribution is 5.41. The molecule has 0 amide bonds. The van der Waals surface area contributed by atoms with Crippen LogP contribution in [0.25, 0.3) is 5.65 Å². The predicted molar refractivity (Wildman–Crippen MR) is 73.7 cm³/mol. The number of hydrogen-bond acceptors (Lipinski definition) is 3. The molecule has 2 heterocycles. The number of hydrogen-bond donors (Lipinski definition) is 1. The summed E-state index contributed by atoms with van der Waals surface area (Å²) in [6, 6.07) is 4.66. The number of aromatic nitrogens is 3. The first-order valence-electron chi connectivity index (χ1n) is 6.38. The molecule has 1 N–H and O–H groups in total. The summed E-state index contributed by atoms with van der Waals surface area (Å²) in [6.07, 6.45) is 2.56. The summed E-state index contributed by atoms with van der Waals surface area (Å²) in [6.45, 7) is 8.86. The highest BCUT2D eigenvalue weighted by Gasteiger charge is 2.24. The van der Waals surface area contributed by atoms with Crippen molar-refractivity contribution < 1.29 is 0 Å². The van der Waals surface area contributed by atoms with Crippen LogP contribution in [0.3, 0.4) is 0 Å². The topological polar surface area (TPSA) is 42.2 Å². The molecule has 0 aliphatic heterocycles. The van der Waals surface area contributed by atoms with Gasteiger partial charge in [-0.2, -0.15) is 5.10 Å². The van der Waals surface area contributed by atoms with Gasteiger partial charge >= 0.3 is 0 Å². The molecule has 0 aliphatic carbocycles. The lowest BCUT2D eigenvalue weighted by atomic mass is 9.84. The van der Waals surface area contributed by atoms with Crippen LogP contribution in [0.5, 0.6) is 0 Å². The molecular formula is C14H22N4. The zero-order valence-electron chi connectivity index (χ0n) is 11.9. The van der Waals surface area contributed by atoms with Crippen LogP contribution in [-0.2, 0) is 6.42 Å². The van der Waals surface area contributed by atoms with Crippen molar-refractivity contribution in [3.8, 4) is 0 Å². The molecule has 1 unspecified atom stereocenters. The molecule has 0 saturated heterocycles. The summed E-state index contributed by atoms with van der Waals surface area (Å²) >= 11 is 0. The van der Waals surface area contributed by atoms with Crippen LogP contribution in [-0.4, -0.2) is 27.7 Å². The lowest BCUT2D eigenvalue weighted by molar-refractivity contribution is 0.277. The van der Waals surface area contributed by atoms with Gasteiger partial charge in [-0.15, -0.1) is 0 Å². The third-order valence-corrected chi connectivity index (χ3v) is 3.40. The second-order valence-corrected chi connectivity index (χ2v) is 5.97. The van der Waals surface area contributed by atoms with Crippen LogP contribution in [0.15, 0.2) is 18.5 Å². The van der Waals surface area contributed by atoms with Crippen LogP contribution in [0.4, 0.5) is 0 Å². The van der Waals surface area contributed by atoms with Crippen LogP contribution in [0.1, 0.15) is 32.0 Å². The average molecular weight is 246 g/mol. The van der Waals surface area contributed by atoms with Gasteiger partial charge in [-0.25, -0.2) is 9.50 Å². The summed E-state index contributed by atoms with van der Waals surface area (Å²) in [7, 11) is 2.02. The molecule has 4 nitrogen and oxygen atoms in total. The lowest BCUT2D eigenvalue weighted by Gasteiger charge is -2.30. The van der Waals surface area contributed by atoms with Gasteiger partial charge in [0.15, 0.2) is 5.65 Å². The van der Waals surface area contributed by atoms with Crippen LogP contribution in [0.2, 0.25) is 0 Å². The maximum Gasteiger partial charge on any atom is 0.155 e. The summed E-state index contributed by atoms with van der Waals surface area (Å²) in [5.41, 5.74) is 3.57. The van der Waals surface area contributed by atoms with E-state index in [4.69, 9.17) is 0 Å². The molecule has 2 aromatic rings. The van der Waals surface area contributed by atoms with Crippen LogP contribution >= 0.6 is 0 Å². The van der Waals surface area contributed by atoms with E-state index in [1.165, 1.54) is 11.3 Å². The normalized spacial score (nSPS) is 14.1. The van der Waals surface area contributed by atoms with E-state index in [1.807, 2.05) is 11.6 Å². The number of nitrogens with zero attached hydrogens (tertiary/aromatic N) is 3. The summed E-state index contributed by atoms with van der Waals surface area (Å²) in [4.78, 5) is 4.27. The Morgan fingerprint density at radius 3 is 2.67 bits per heavy atom. The first-order chi connectivity index (χ1) is 8.41. The van der Waals surface area contributed by atoms with E-state index in [-0.39, 0.29) is 5.41 Å². The average Bonchev–Trinajstić information content (AvgIpc) is 2.71. The minimum atomic E-state index is 0.214. The molecule has 2 rings (SSSR count). The van der Waals surface area contributed by atoms with Crippen molar-refractivity contribution in [1.29, 1.82) is 0 Å². The van der Waals surface area contributed by atoms with Gasteiger partial charge in [0.25, 0.3) is 0 Å². The maximum absolute atomic E-state index is 4.31. The van der Waals surface area contributed by atoms with Gasteiger partial charge < -0.3 is 5.32 Å². The Morgan fingerprint density at radius 1 is 1.33 bits per heavy atom. The molecule has 98 valence electrons. The second-order valence-electron chi connectivity index (χ2n) is 5.97. The standard InChI is InChI=1S/C14H22N4/c1-10-6-11(8-12(15-5)14(2,3)4)18-13(7-10)16-9-17-18/h6-7,9,12,15H,8H2,1-5H3. The number of likely N-dealkylation sites (N-methyl/N-ethyl adjacent to an activating group) is 1. The maximum atomic E-state index is 4.31. The molecule has 0 saturated carbocycles. The van der Waals surface area contributed by atoms with E-state index in [9.17, 15) is 0 Å². The largest absolute Gasteiger partial charge is 0.316 e. The van der Waals surface area contributed by atoms with Gasteiger partial charge in [-0.3, -0.25) is 0 Å². The minimum absolute atomic E-state index is 0.214. The van der Waals surface area contributed by atoms with E-state index in [2.05, 4.69) is 55.2 Å². The smallest absolute Gasteiger partial charge is 0.155 e. The van der Waals surface area contributed by atoms with Crippen LogP contribution < -0.4 is 5.32 Å².